The van der Waals surface area contributed by atoms with Crippen LogP contribution >= 0.6 is 12.2 Å². The number of anilines is 2. The molecule has 1 heterocycles. The molecule has 2 aromatic rings. The van der Waals surface area contributed by atoms with E-state index in [0.717, 1.165) is 11.3 Å². The van der Waals surface area contributed by atoms with Crippen LogP contribution < -0.4 is 15.8 Å². The van der Waals surface area contributed by atoms with Crippen molar-refractivity contribution in [2.24, 2.45) is 5.73 Å². The quantitative estimate of drug-likeness (QED) is 0.791. The minimum absolute atomic E-state index is 0.261. The molecular weight excluding hydrogens is 298 g/mol. The molecule has 2 rings (SSSR count). The number of aromatic nitrogens is 3. The molecule has 0 amide bonds. The second kappa shape index (κ2) is 7.13. The van der Waals surface area contributed by atoms with Crippen LogP contribution in [0.3, 0.4) is 0 Å². The predicted octanol–water partition coefficient (Wildman–Crippen LogP) is 2.46. The number of ether oxygens (including phenoxy) is 1. The number of nitrogens with one attached hydrogen (secondary N) is 1. The second-order valence-corrected chi connectivity index (χ2v) is 5.33. The summed E-state index contributed by atoms with van der Waals surface area (Å²) in [5, 5.41) is 3.20. The van der Waals surface area contributed by atoms with Gasteiger partial charge in [-0.1, -0.05) is 24.4 Å². The van der Waals surface area contributed by atoms with Crippen molar-refractivity contribution in [1.29, 1.82) is 0 Å². The van der Waals surface area contributed by atoms with Gasteiger partial charge in [0.2, 0.25) is 5.95 Å². The summed E-state index contributed by atoms with van der Waals surface area (Å²) in [6.07, 6.45) is 0.305. The maximum atomic E-state index is 5.56. The molecular formula is C15H19N5OS. The monoisotopic (exact) mass is 317 g/mol. The summed E-state index contributed by atoms with van der Waals surface area (Å²) >= 11 is 4.91. The van der Waals surface area contributed by atoms with Crippen molar-refractivity contribution in [1.82, 2.24) is 15.0 Å². The zero-order chi connectivity index (χ0) is 16.1. The molecule has 0 radical (unpaired) electrons. The summed E-state index contributed by atoms with van der Waals surface area (Å²) in [5.74, 6) is 0.900. The number of nitrogens with two attached hydrogens (primary N) is 1. The Morgan fingerprint density at radius 1 is 1.27 bits per heavy atom. The van der Waals surface area contributed by atoms with E-state index in [1.807, 2.05) is 26.0 Å². The van der Waals surface area contributed by atoms with Gasteiger partial charge in [0.15, 0.2) is 0 Å². The van der Waals surface area contributed by atoms with Gasteiger partial charge in [0, 0.05) is 5.69 Å². The van der Waals surface area contributed by atoms with E-state index < -0.39 is 0 Å². The summed E-state index contributed by atoms with van der Waals surface area (Å²) in [6, 6.07) is 6.26. The lowest BCUT2D eigenvalue weighted by Gasteiger charge is -2.11. The standard InChI is InChI=1S/C15H19N5OS/c1-4-21-15-19-13(8-12(16)22)18-14(20-15)17-11-7-5-6-9(2)10(11)3/h5-7H,4,8H2,1-3H3,(H2,16,22)(H,17,18,19,20). The average Bonchev–Trinajstić information content (AvgIpc) is 2.43. The molecule has 6 nitrogen and oxygen atoms in total. The molecule has 0 aliphatic carbocycles. The highest BCUT2D eigenvalue weighted by Gasteiger charge is 2.10. The van der Waals surface area contributed by atoms with Crippen LogP contribution in [0.1, 0.15) is 23.9 Å². The summed E-state index contributed by atoms with van der Waals surface area (Å²) in [6.45, 7) is 6.43. The molecule has 0 atom stereocenters. The minimum Gasteiger partial charge on any atom is -0.464 e. The van der Waals surface area contributed by atoms with Crippen LogP contribution in [-0.2, 0) is 6.42 Å². The topological polar surface area (TPSA) is 86.0 Å². The highest BCUT2D eigenvalue weighted by Crippen LogP contribution is 2.21. The van der Waals surface area contributed by atoms with E-state index in [2.05, 4.69) is 33.3 Å². The molecule has 22 heavy (non-hydrogen) atoms. The molecule has 0 saturated carbocycles. The second-order valence-electron chi connectivity index (χ2n) is 4.81. The Hall–Kier alpha value is -2.28. The first kappa shape index (κ1) is 16.1. The van der Waals surface area contributed by atoms with Crippen molar-refractivity contribution >= 4 is 28.8 Å². The Bertz CT molecular complexity index is 690. The number of hydrogen-bond acceptors (Lipinski definition) is 6. The van der Waals surface area contributed by atoms with Crippen LogP contribution in [0.5, 0.6) is 6.01 Å². The van der Waals surface area contributed by atoms with Gasteiger partial charge < -0.3 is 15.8 Å². The van der Waals surface area contributed by atoms with E-state index in [1.54, 1.807) is 0 Å². The van der Waals surface area contributed by atoms with E-state index in [1.165, 1.54) is 5.56 Å². The van der Waals surface area contributed by atoms with Gasteiger partial charge in [0.1, 0.15) is 5.82 Å². The van der Waals surface area contributed by atoms with Crippen molar-refractivity contribution in [2.75, 3.05) is 11.9 Å². The molecule has 0 aliphatic rings. The number of rotatable bonds is 6. The SMILES string of the molecule is CCOc1nc(CC(N)=S)nc(Nc2cccc(C)c2C)n1. The van der Waals surface area contributed by atoms with Gasteiger partial charge in [-0.15, -0.1) is 0 Å². The number of thiocarbonyl (C=S) groups is 1. The van der Waals surface area contributed by atoms with E-state index in [4.69, 9.17) is 22.7 Å². The van der Waals surface area contributed by atoms with Crippen molar-refractivity contribution < 1.29 is 4.74 Å². The molecule has 0 aliphatic heterocycles. The smallest absolute Gasteiger partial charge is 0.321 e. The number of aryl methyl sites for hydroxylation is 1. The summed E-state index contributed by atoms with van der Waals surface area (Å²) in [4.78, 5) is 13.1. The molecule has 7 heteroatoms. The van der Waals surface area contributed by atoms with Gasteiger partial charge in [-0.3, -0.25) is 0 Å². The van der Waals surface area contributed by atoms with E-state index in [-0.39, 0.29) is 6.01 Å². The van der Waals surface area contributed by atoms with Crippen LogP contribution in [-0.4, -0.2) is 26.5 Å². The highest BCUT2D eigenvalue weighted by molar-refractivity contribution is 7.80. The van der Waals surface area contributed by atoms with Gasteiger partial charge >= 0.3 is 6.01 Å². The molecule has 0 saturated heterocycles. The normalized spacial score (nSPS) is 10.3. The third-order valence-electron chi connectivity index (χ3n) is 3.12. The van der Waals surface area contributed by atoms with Crippen LogP contribution in [0.25, 0.3) is 0 Å². The lowest BCUT2D eigenvalue weighted by molar-refractivity contribution is 0.311. The third kappa shape index (κ3) is 4.11. The van der Waals surface area contributed by atoms with E-state index in [0.29, 0.717) is 29.8 Å². The molecule has 1 aromatic heterocycles. The summed E-state index contributed by atoms with van der Waals surface area (Å²) < 4.78 is 5.37. The van der Waals surface area contributed by atoms with Gasteiger partial charge in [-0.25, -0.2) is 0 Å². The molecule has 0 spiro atoms. The fourth-order valence-electron chi connectivity index (χ4n) is 1.89. The largest absolute Gasteiger partial charge is 0.464 e. The summed E-state index contributed by atoms with van der Waals surface area (Å²) in [5.41, 5.74) is 8.83. The number of benzene rings is 1. The summed E-state index contributed by atoms with van der Waals surface area (Å²) in [7, 11) is 0. The molecule has 0 unspecified atom stereocenters. The fraction of sp³-hybridized carbons (Fsp3) is 0.333. The number of hydrogen-bond donors (Lipinski definition) is 2. The maximum absolute atomic E-state index is 5.56. The Morgan fingerprint density at radius 2 is 2.05 bits per heavy atom. The van der Waals surface area contributed by atoms with Gasteiger partial charge in [-0.05, 0) is 38.0 Å². The Balaban J connectivity index is 2.34. The maximum Gasteiger partial charge on any atom is 0.321 e. The number of nitrogens with zero attached hydrogens (tertiary/aromatic N) is 3. The van der Waals surface area contributed by atoms with Crippen LogP contribution in [0.4, 0.5) is 11.6 Å². The van der Waals surface area contributed by atoms with Crippen LogP contribution in [0.2, 0.25) is 0 Å². The van der Waals surface area contributed by atoms with Gasteiger partial charge in [-0.2, -0.15) is 15.0 Å². The van der Waals surface area contributed by atoms with Crippen molar-refractivity contribution in [3.63, 3.8) is 0 Å². The Labute approximate surface area is 135 Å². The van der Waals surface area contributed by atoms with Gasteiger partial charge in [0.25, 0.3) is 0 Å². The molecule has 3 N–H and O–H groups in total. The molecule has 0 bridgehead atoms. The van der Waals surface area contributed by atoms with Crippen LogP contribution in [0, 0.1) is 13.8 Å². The molecule has 0 fully saturated rings. The van der Waals surface area contributed by atoms with E-state index in [9.17, 15) is 0 Å². The van der Waals surface area contributed by atoms with Crippen molar-refractivity contribution in [2.45, 2.75) is 27.2 Å². The first-order chi connectivity index (χ1) is 10.5. The van der Waals surface area contributed by atoms with Crippen molar-refractivity contribution in [3.05, 3.63) is 35.2 Å². The average molecular weight is 317 g/mol. The van der Waals surface area contributed by atoms with Crippen LogP contribution in [0.15, 0.2) is 18.2 Å². The van der Waals surface area contributed by atoms with Gasteiger partial charge in [0.05, 0.1) is 18.0 Å². The molecule has 1 aromatic carbocycles. The zero-order valence-corrected chi connectivity index (χ0v) is 13.7. The zero-order valence-electron chi connectivity index (χ0n) is 12.9. The predicted molar refractivity (Wildman–Crippen MR) is 90.7 cm³/mol. The fourth-order valence-corrected chi connectivity index (χ4v) is 2.02. The van der Waals surface area contributed by atoms with E-state index >= 15 is 0 Å². The molecule has 116 valence electrons. The minimum atomic E-state index is 0.261. The van der Waals surface area contributed by atoms with Crippen molar-refractivity contribution in [3.8, 4) is 6.01 Å². The lowest BCUT2D eigenvalue weighted by atomic mass is 10.1. The third-order valence-corrected chi connectivity index (χ3v) is 3.26. The Kier molecular flexibility index (Phi) is 5.21. The lowest BCUT2D eigenvalue weighted by Crippen LogP contribution is -2.15. The highest BCUT2D eigenvalue weighted by atomic mass is 32.1. The first-order valence-electron chi connectivity index (χ1n) is 6.99. The Morgan fingerprint density at radius 3 is 2.73 bits per heavy atom. The first-order valence-corrected chi connectivity index (χ1v) is 7.39.